The van der Waals surface area contributed by atoms with Crippen molar-refractivity contribution in [2.75, 3.05) is 25.2 Å². The number of methoxy groups -OCH3 is 1. The lowest BCUT2D eigenvalue weighted by Crippen LogP contribution is -2.07. The summed E-state index contributed by atoms with van der Waals surface area (Å²) in [6.45, 7) is 0.712. The van der Waals surface area contributed by atoms with Gasteiger partial charge >= 0.3 is 0 Å². The standard InChI is InChI=1S/C12H16O2S/c1-14-7-8-15-10-12(13)9-11-5-3-2-4-6-11/h2-6H,7-10H2,1H3. The summed E-state index contributed by atoms with van der Waals surface area (Å²) in [5.74, 6) is 1.75. The molecule has 0 aliphatic rings. The number of carbonyl (C=O) groups excluding carboxylic acids is 1. The first kappa shape index (κ1) is 12.3. The number of Topliss-reactive ketones (excluding diaryl/α,β-unsaturated/α-hetero) is 1. The van der Waals surface area contributed by atoms with Gasteiger partial charge < -0.3 is 4.74 Å². The van der Waals surface area contributed by atoms with Crippen molar-refractivity contribution < 1.29 is 9.53 Å². The Bertz CT molecular complexity index is 285. The second-order valence-corrected chi connectivity index (χ2v) is 4.35. The number of hydrogen-bond donors (Lipinski definition) is 0. The monoisotopic (exact) mass is 224 g/mol. The Kier molecular flexibility index (Phi) is 6.12. The van der Waals surface area contributed by atoms with Gasteiger partial charge in [0.05, 0.1) is 12.4 Å². The molecule has 0 saturated carbocycles. The van der Waals surface area contributed by atoms with Crippen LogP contribution in [-0.4, -0.2) is 31.0 Å². The molecular formula is C12H16O2S. The van der Waals surface area contributed by atoms with Crippen LogP contribution in [0.5, 0.6) is 0 Å². The quantitative estimate of drug-likeness (QED) is 0.664. The highest BCUT2D eigenvalue weighted by molar-refractivity contribution is 7.99. The average Bonchev–Trinajstić information content (AvgIpc) is 2.26. The van der Waals surface area contributed by atoms with E-state index in [-0.39, 0.29) is 5.78 Å². The van der Waals surface area contributed by atoms with Crippen LogP contribution in [0.2, 0.25) is 0 Å². The predicted molar refractivity (Wildman–Crippen MR) is 64.4 cm³/mol. The Labute approximate surface area is 95.0 Å². The van der Waals surface area contributed by atoms with Gasteiger partial charge in [-0.3, -0.25) is 4.79 Å². The Morgan fingerprint density at radius 3 is 2.73 bits per heavy atom. The lowest BCUT2D eigenvalue weighted by atomic mass is 10.1. The van der Waals surface area contributed by atoms with E-state index in [4.69, 9.17) is 4.74 Å². The summed E-state index contributed by atoms with van der Waals surface area (Å²) in [4.78, 5) is 11.5. The number of hydrogen-bond acceptors (Lipinski definition) is 3. The van der Waals surface area contributed by atoms with Gasteiger partial charge in [0.2, 0.25) is 0 Å². The van der Waals surface area contributed by atoms with E-state index < -0.39 is 0 Å². The van der Waals surface area contributed by atoms with Crippen LogP contribution in [0.4, 0.5) is 0 Å². The fourth-order valence-electron chi connectivity index (χ4n) is 1.20. The fourth-order valence-corrected chi connectivity index (χ4v) is 1.96. The van der Waals surface area contributed by atoms with Crippen LogP contribution >= 0.6 is 11.8 Å². The maximum atomic E-state index is 11.5. The third-order valence-corrected chi connectivity index (χ3v) is 2.92. The van der Waals surface area contributed by atoms with Crippen molar-refractivity contribution in [3.8, 4) is 0 Å². The molecule has 0 bridgehead atoms. The van der Waals surface area contributed by atoms with Crippen molar-refractivity contribution in [3.05, 3.63) is 35.9 Å². The Morgan fingerprint density at radius 1 is 1.33 bits per heavy atom. The molecule has 0 fully saturated rings. The molecule has 15 heavy (non-hydrogen) atoms. The van der Waals surface area contributed by atoms with E-state index in [0.717, 1.165) is 11.3 Å². The molecule has 1 aromatic rings. The molecule has 3 heteroatoms. The largest absolute Gasteiger partial charge is 0.384 e. The highest BCUT2D eigenvalue weighted by atomic mass is 32.2. The van der Waals surface area contributed by atoms with E-state index >= 15 is 0 Å². The second kappa shape index (κ2) is 7.49. The molecule has 1 rings (SSSR count). The molecule has 0 aromatic heterocycles. The molecule has 0 N–H and O–H groups in total. The fraction of sp³-hybridized carbons (Fsp3) is 0.417. The van der Waals surface area contributed by atoms with Crippen LogP contribution in [-0.2, 0) is 16.0 Å². The molecule has 0 atom stereocenters. The van der Waals surface area contributed by atoms with Crippen molar-refractivity contribution in [2.24, 2.45) is 0 Å². The lowest BCUT2D eigenvalue weighted by molar-refractivity contribution is -0.116. The highest BCUT2D eigenvalue weighted by Crippen LogP contribution is 2.05. The molecule has 82 valence electrons. The van der Waals surface area contributed by atoms with Crippen LogP contribution < -0.4 is 0 Å². The number of rotatable bonds is 7. The molecule has 0 saturated heterocycles. The summed E-state index contributed by atoms with van der Waals surface area (Å²) in [5.41, 5.74) is 1.09. The van der Waals surface area contributed by atoms with Gasteiger partial charge in [-0.25, -0.2) is 0 Å². The summed E-state index contributed by atoms with van der Waals surface area (Å²) in [6.07, 6.45) is 0.542. The first-order valence-electron chi connectivity index (χ1n) is 4.95. The van der Waals surface area contributed by atoms with Crippen molar-refractivity contribution in [3.63, 3.8) is 0 Å². The zero-order valence-corrected chi connectivity index (χ0v) is 9.76. The smallest absolute Gasteiger partial charge is 0.147 e. The summed E-state index contributed by atoms with van der Waals surface area (Å²) in [7, 11) is 1.67. The van der Waals surface area contributed by atoms with Gasteiger partial charge in [-0.2, -0.15) is 11.8 Å². The summed E-state index contributed by atoms with van der Waals surface area (Å²) in [5, 5.41) is 0. The number of thioether (sulfide) groups is 1. The average molecular weight is 224 g/mol. The molecule has 0 aliphatic heterocycles. The second-order valence-electron chi connectivity index (χ2n) is 3.25. The number of carbonyl (C=O) groups is 1. The molecule has 0 heterocycles. The van der Waals surface area contributed by atoms with Crippen LogP contribution in [0.25, 0.3) is 0 Å². The first-order valence-corrected chi connectivity index (χ1v) is 6.10. The topological polar surface area (TPSA) is 26.3 Å². The van der Waals surface area contributed by atoms with E-state index in [0.29, 0.717) is 18.8 Å². The van der Waals surface area contributed by atoms with Gasteiger partial charge in [0.25, 0.3) is 0 Å². The van der Waals surface area contributed by atoms with Gasteiger partial charge in [0.15, 0.2) is 0 Å². The van der Waals surface area contributed by atoms with Crippen LogP contribution in [0.15, 0.2) is 30.3 Å². The predicted octanol–water partition coefficient (Wildman–Crippen LogP) is 2.18. The van der Waals surface area contributed by atoms with Crippen molar-refractivity contribution in [2.45, 2.75) is 6.42 Å². The molecule has 0 radical (unpaired) electrons. The van der Waals surface area contributed by atoms with E-state index in [9.17, 15) is 4.79 Å². The first-order chi connectivity index (χ1) is 7.33. The Morgan fingerprint density at radius 2 is 2.07 bits per heavy atom. The van der Waals surface area contributed by atoms with E-state index in [1.807, 2.05) is 30.3 Å². The SMILES string of the molecule is COCCSCC(=O)Cc1ccccc1. The molecular weight excluding hydrogens is 208 g/mol. The van der Waals surface area contributed by atoms with Crippen LogP contribution in [0, 0.1) is 0 Å². The molecule has 0 amide bonds. The van der Waals surface area contributed by atoms with Crippen molar-refractivity contribution in [1.82, 2.24) is 0 Å². The molecule has 0 unspecified atom stereocenters. The van der Waals surface area contributed by atoms with Crippen LogP contribution in [0.3, 0.4) is 0 Å². The molecule has 0 spiro atoms. The van der Waals surface area contributed by atoms with Crippen molar-refractivity contribution >= 4 is 17.5 Å². The van der Waals surface area contributed by atoms with E-state index in [2.05, 4.69) is 0 Å². The lowest BCUT2D eigenvalue weighted by Gasteiger charge is -2.01. The number of ketones is 1. The minimum absolute atomic E-state index is 0.280. The highest BCUT2D eigenvalue weighted by Gasteiger charge is 2.02. The van der Waals surface area contributed by atoms with Gasteiger partial charge in [0.1, 0.15) is 5.78 Å². The van der Waals surface area contributed by atoms with Gasteiger partial charge in [0, 0.05) is 19.3 Å². The maximum absolute atomic E-state index is 11.5. The maximum Gasteiger partial charge on any atom is 0.147 e. The van der Waals surface area contributed by atoms with Crippen LogP contribution in [0.1, 0.15) is 5.56 Å². The van der Waals surface area contributed by atoms with Gasteiger partial charge in [-0.15, -0.1) is 0 Å². The Hall–Kier alpha value is -0.800. The zero-order valence-electron chi connectivity index (χ0n) is 8.94. The van der Waals surface area contributed by atoms with Gasteiger partial charge in [-0.05, 0) is 5.56 Å². The Balaban J connectivity index is 2.19. The minimum Gasteiger partial charge on any atom is -0.384 e. The zero-order chi connectivity index (χ0) is 10.9. The van der Waals surface area contributed by atoms with Gasteiger partial charge in [-0.1, -0.05) is 30.3 Å². The molecule has 1 aromatic carbocycles. The normalized spacial score (nSPS) is 10.2. The molecule has 2 nitrogen and oxygen atoms in total. The number of benzene rings is 1. The van der Waals surface area contributed by atoms with E-state index in [1.165, 1.54) is 0 Å². The minimum atomic E-state index is 0.280. The third kappa shape index (κ3) is 5.60. The van der Waals surface area contributed by atoms with Crippen molar-refractivity contribution in [1.29, 1.82) is 0 Å². The number of ether oxygens (including phenoxy) is 1. The third-order valence-electron chi connectivity index (χ3n) is 1.94. The van der Waals surface area contributed by atoms with E-state index in [1.54, 1.807) is 18.9 Å². The summed E-state index contributed by atoms with van der Waals surface area (Å²) < 4.78 is 4.91. The summed E-state index contributed by atoms with van der Waals surface area (Å²) in [6, 6.07) is 9.85. The molecule has 0 aliphatic carbocycles. The summed E-state index contributed by atoms with van der Waals surface area (Å²) >= 11 is 1.63.